The van der Waals surface area contributed by atoms with Crippen molar-refractivity contribution >= 4 is 29.0 Å². The summed E-state index contributed by atoms with van der Waals surface area (Å²) in [5, 5.41) is 14.3. The number of nitrogen functional groups attached to an aromatic ring is 1. The Hall–Kier alpha value is -1.76. The van der Waals surface area contributed by atoms with E-state index in [9.17, 15) is 14.9 Å². The topological polar surface area (TPSA) is 98.3 Å². The summed E-state index contributed by atoms with van der Waals surface area (Å²) in [6, 6.07) is 4.29. The van der Waals surface area contributed by atoms with Gasteiger partial charge in [-0.2, -0.15) is 11.8 Å². The molecule has 1 amide bonds. The molecule has 1 fully saturated rings. The molecule has 0 heterocycles. The number of carbonyl (C=O) groups excluding carboxylic acids is 1. The number of carbonyl (C=O) groups is 1. The molecule has 2 rings (SSSR count). The molecule has 1 aromatic rings. The third-order valence-corrected chi connectivity index (χ3v) is 4.98. The van der Waals surface area contributed by atoms with Gasteiger partial charge in [-0.15, -0.1) is 0 Å². The fourth-order valence-electron chi connectivity index (χ4n) is 2.64. The number of amides is 1. The molecule has 6 nitrogen and oxygen atoms in total. The minimum atomic E-state index is -0.572. The number of rotatable bonds is 4. The lowest BCUT2D eigenvalue weighted by molar-refractivity contribution is -0.383. The van der Waals surface area contributed by atoms with Crippen molar-refractivity contribution in [2.75, 3.05) is 12.0 Å². The molecule has 21 heavy (non-hydrogen) atoms. The average Bonchev–Trinajstić information content (AvgIpc) is 2.47. The molecular weight excluding hydrogens is 290 g/mol. The van der Waals surface area contributed by atoms with Gasteiger partial charge < -0.3 is 11.1 Å². The Balaban J connectivity index is 2.13. The lowest BCUT2D eigenvalue weighted by Crippen LogP contribution is -2.43. The van der Waals surface area contributed by atoms with E-state index >= 15 is 0 Å². The van der Waals surface area contributed by atoms with Gasteiger partial charge in [-0.3, -0.25) is 14.9 Å². The third-order valence-electron chi connectivity index (χ3n) is 3.81. The van der Waals surface area contributed by atoms with Crippen molar-refractivity contribution in [1.82, 2.24) is 5.32 Å². The zero-order chi connectivity index (χ0) is 15.4. The second-order valence-corrected chi connectivity index (χ2v) is 6.25. The molecule has 114 valence electrons. The highest BCUT2D eigenvalue weighted by Crippen LogP contribution is 2.28. The zero-order valence-corrected chi connectivity index (χ0v) is 12.7. The maximum Gasteiger partial charge on any atom is 0.292 e. The molecule has 0 bridgehead atoms. The van der Waals surface area contributed by atoms with Crippen LogP contribution in [-0.4, -0.2) is 28.4 Å². The summed E-state index contributed by atoms with van der Waals surface area (Å²) in [4.78, 5) is 22.6. The van der Waals surface area contributed by atoms with E-state index in [4.69, 9.17) is 5.73 Å². The lowest BCUT2D eigenvalue weighted by atomic mass is 9.94. The summed E-state index contributed by atoms with van der Waals surface area (Å²) in [5.41, 5.74) is 5.66. The van der Waals surface area contributed by atoms with Crippen molar-refractivity contribution in [2.24, 2.45) is 0 Å². The molecule has 7 heteroatoms. The fraction of sp³-hybridized carbons (Fsp3) is 0.500. The number of hydrogen-bond donors (Lipinski definition) is 2. The number of hydrogen-bond acceptors (Lipinski definition) is 5. The van der Waals surface area contributed by atoms with E-state index in [-0.39, 0.29) is 28.9 Å². The van der Waals surface area contributed by atoms with Gasteiger partial charge in [0.2, 0.25) is 0 Å². The number of thioether (sulfide) groups is 1. The molecule has 2 atom stereocenters. The number of nitrogens with one attached hydrogen (secondary N) is 1. The van der Waals surface area contributed by atoms with Gasteiger partial charge >= 0.3 is 0 Å². The first kappa shape index (κ1) is 15.6. The van der Waals surface area contributed by atoms with Crippen molar-refractivity contribution in [2.45, 2.75) is 37.0 Å². The van der Waals surface area contributed by atoms with Crippen molar-refractivity contribution < 1.29 is 9.72 Å². The van der Waals surface area contributed by atoms with Crippen LogP contribution >= 0.6 is 11.8 Å². The Morgan fingerprint density at radius 2 is 2.14 bits per heavy atom. The van der Waals surface area contributed by atoms with Gasteiger partial charge in [0.15, 0.2) is 0 Å². The Morgan fingerprint density at radius 3 is 2.81 bits per heavy atom. The molecule has 0 aromatic heterocycles. The van der Waals surface area contributed by atoms with Crippen LogP contribution in [0.2, 0.25) is 0 Å². The standard InChI is InChI=1S/C14H19N3O3S/c1-21-13-5-3-2-4-11(13)16-14(18)9-6-7-10(15)12(8-9)17(19)20/h6-8,11,13H,2-5,15H2,1H3,(H,16,18)/t11-,13-/m1/s1. The second-order valence-electron chi connectivity index (χ2n) is 5.17. The van der Waals surface area contributed by atoms with Crippen molar-refractivity contribution in [3.05, 3.63) is 33.9 Å². The number of nitrogens with zero attached hydrogens (tertiary/aromatic N) is 1. The Labute approximate surface area is 127 Å². The number of nitro benzene ring substituents is 1. The molecule has 1 saturated carbocycles. The monoisotopic (exact) mass is 309 g/mol. The number of benzene rings is 1. The van der Waals surface area contributed by atoms with Gasteiger partial charge in [0.1, 0.15) is 5.69 Å². The molecule has 1 aliphatic carbocycles. The second kappa shape index (κ2) is 6.80. The SMILES string of the molecule is CS[C@@H]1CCCC[C@H]1NC(=O)c1ccc(N)c([N+](=O)[O-])c1. The fourth-order valence-corrected chi connectivity index (χ4v) is 3.57. The molecule has 1 aromatic carbocycles. The van der Waals surface area contributed by atoms with E-state index in [0.29, 0.717) is 5.25 Å². The number of nitrogens with two attached hydrogens (primary N) is 1. The molecule has 0 saturated heterocycles. The van der Waals surface area contributed by atoms with Crippen LogP contribution in [0.3, 0.4) is 0 Å². The first-order chi connectivity index (χ1) is 10.0. The normalized spacial score (nSPS) is 21.8. The minimum absolute atomic E-state index is 0.0659. The van der Waals surface area contributed by atoms with E-state index < -0.39 is 4.92 Å². The smallest absolute Gasteiger partial charge is 0.292 e. The predicted molar refractivity (Wildman–Crippen MR) is 84.5 cm³/mol. The molecular formula is C14H19N3O3S. The van der Waals surface area contributed by atoms with Gasteiger partial charge in [0.25, 0.3) is 11.6 Å². The van der Waals surface area contributed by atoms with Crippen LogP contribution in [0.25, 0.3) is 0 Å². The van der Waals surface area contributed by atoms with E-state index in [2.05, 4.69) is 5.32 Å². The van der Waals surface area contributed by atoms with Crippen LogP contribution in [0.5, 0.6) is 0 Å². The van der Waals surface area contributed by atoms with E-state index in [1.165, 1.54) is 24.6 Å². The van der Waals surface area contributed by atoms with Gasteiger partial charge in [-0.1, -0.05) is 12.8 Å². The average molecular weight is 309 g/mol. The summed E-state index contributed by atoms with van der Waals surface area (Å²) >= 11 is 1.76. The van der Waals surface area contributed by atoms with Crippen LogP contribution in [0.4, 0.5) is 11.4 Å². The van der Waals surface area contributed by atoms with E-state index in [1.54, 1.807) is 11.8 Å². The minimum Gasteiger partial charge on any atom is -0.393 e. The van der Waals surface area contributed by atoms with Crippen LogP contribution in [0.15, 0.2) is 18.2 Å². The van der Waals surface area contributed by atoms with Crippen LogP contribution < -0.4 is 11.1 Å². The maximum atomic E-state index is 12.3. The highest BCUT2D eigenvalue weighted by atomic mass is 32.2. The predicted octanol–water partition coefficient (Wildman–Crippen LogP) is 2.58. The quantitative estimate of drug-likeness (QED) is 0.506. The van der Waals surface area contributed by atoms with Gasteiger partial charge in [0.05, 0.1) is 4.92 Å². The first-order valence-corrected chi connectivity index (χ1v) is 8.19. The van der Waals surface area contributed by atoms with Crippen molar-refractivity contribution in [1.29, 1.82) is 0 Å². The largest absolute Gasteiger partial charge is 0.393 e. The van der Waals surface area contributed by atoms with Gasteiger partial charge in [-0.25, -0.2) is 0 Å². The highest BCUT2D eigenvalue weighted by Gasteiger charge is 2.26. The van der Waals surface area contributed by atoms with Crippen LogP contribution in [0, 0.1) is 10.1 Å². The lowest BCUT2D eigenvalue weighted by Gasteiger charge is -2.30. The molecule has 0 spiro atoms. The molecule has 0 unspecified atom stereocenters. The van der Waals surface area contributed by atoms with Gasteiger partial charge in [0, 0.05) is 22.9 Å². The van der Waals surface area contributed by atoms with E-state index in [0.717, 1.165) is 19.3 Å². The summed E-state index contributed by atoms with van der Waals surface area (Å²) < 4.78 is 0. The maximum absolute atomic E-state index is 12.3. The van der Waals surface area contributed by atoms with Crippen molar-refractivity contribution in [3.8, 4) is 0 Å². The summed E-state index contributed by atoms with van der Waals surface area (Å²) in [7, 11) is 0. The van der Waals surface area contributed by atoms with Crippen LogP contribution in [-0.2, 0) is 0 Å². The zero-order valence-electron chi connectivity index (χ0n) is 11.9. The molecule has 1 aliphatic rings. The van der Waals surface area contributed by atoms with E-state index in [1.807, 2.05) is 6.26 Å². The first-order valence-electron chi connectivity index (χ1n) is 6.90. The molecule has 3 N–H and O–H groups in total. The van der Waals surface area contributed by atoms with Crippen LogP contribution in [0.1, 0.15) is 36.0 Å². The van der Waals surface area contributed by atoms with Gasteiger partial charge in [-0.05, 0) is 31.2 Å². The summed E-state index contributed by atoms with van der Waals surface area (Å²) in [6.07, 6.45) is 6.38. The Kier molecular flexibility index (Phi) is 5.06. The van der Waals surface area contributed by atoms with Crippen molar-refractivity contribution in [3.63, 3.8) is 0 Å². The Bertz CT molecular complexity index is 550. The molecule has 0 aliphatic heterocycles. The highest BCUT2D eigenvalue weighted by molar-refractivity contribution is 7.99. The number of nitro groups is 1. The number of anilines is 1. The summed E-state index contributed by atoms with van der Waals surface area (Å²) in [6.45, 7) is 0. The summed E-state index contributed by atoms with van der Waals surface area (Å²) in [5.74, 6) is -0.274. The Morgan fingerprint density at radius 1 is 1.43 bits per heavy atom. The molecule has 0 radical (unpaired) electrons. The third kappa shape index (κ3) is 3.66.